The Labute approximate surface area is 130 Å². The summed E-state index contributed by atoms with van der Waals surface area (Å²) in [6, 6.07) is 10.4. The van der Waals surface area contributed by atoms with Crippen LogP contribution in [-0.4, -0.2) is 15.9 Å². The topological polar surface area (TPSA) is 83.8 Å². The van der Waals surface area contributed by atoms with E-state index in [0.717, 1.165) is 11.0 Å². The number of para-hydroxylation sites is 2. The third-order valence-electron chi connectivity index (χ3n) is 2.96. The number of hydrogen-bond donors (Lipinski definition) is 3. The van der Waals surface area contributed by atoms with Crippen molar-refractivity contribution in [1.82, 2.24) is 9.97 Å². The molecule has 5 nitrogen and oxygen atoms in total. The molecule has 0 saturated heterocycles. The van der Waals surface area contributed by atoms with Crippen LogP contribution in [0.5, 0.6) is 0 Å². The van der Waals surface area contributed by atoms with Crippen LogP contribution in [0.2, 0.25) is 10.0 Å². The number of H-pyrrole nitrogens is 1. The van der Waals surface area contributed by atoms with E-state index in [2.05, 4.69) is 15.3 Å². The Bertz CT molecular complexity index is 788. The zero-order valence-electron chi connectivity index (χ0n) is 10.7. The van der Waals surface area contributed by atoms with Gasteiger partial charge in [-0.2, -0.15) is 0 Å². The van der Waals surface area contributed by atoms with Crippen LogP contribution < -0.4 is 11.1 Å². The van der Waals surface area contributed by atoms with Gasteiger partial charge in [-0.25, -0.2) is 4.98 Å². The number of rotatable bonds is 2. The maximum Gasteiger partial charge on any atom is 0.258 e. The summed E-state index contributed by atoms with van der Waals surface area (Å²) < 4.78 is 0. The second kappa shape index (κ2) is 5.27. The second-order valence-electron chi connectivity index (χ2n) is 4.41. The summed E-state index contributed by atoms with van der Waals surface area (Å²) in [6.45, 7) is 0. The molecule has 4 N–H and O–H groups in total. The molecule has 2 aromatic carbocycles. The number of nitrogens with zero attached hydrogens (tertiary/aromatic N) is 1. The number of nitrogen functional groups attached to an aromatic ring is 1. The summed E-state index contributed by atoms with van der Waals surface area (Å²) in [5.41, 5.74) is 7.79. The zero-order chi connectivity index (χ0) is 15.0. The minimum Gasteiger partial charge on any atom is -0.396 e. The number of carbonyl (C=O) groups is 1. The number of imidazole rings is 1. The average molecular weight is 321 g/mol. The number of nitrogens with one attached hydrogen (secondary N) is 2. The number of halogens is 2. The minimum absolute atomic E-state index is 0.234. The highest BCUT2D eigenvalue weighted by Crippen LogP contribution is 2.29. The van der Waals surface area contributed by atoms with Crippen molar-refractivity contribution in [2.24, 2.45) is 0 Å². The molecule has 106 valence electrons. The number of aromatic amines is 1. The van der Waals surface area contributed by atoms with Crippen molar-refractivity contribution < 1.29 is 4.79 Å². The summed E-state index contributed by atoms with van der Waals surface area (Å²) in [5.74, 6) is -0.0249. The first-order valence-corrected chi connectivity index (χ1v) is 6.81. The molecule has 0 atom stereocenters. The lowest BCUT2D eigenvalue weighted by Gasteiger charge is -2.06. The molecule has 0 bridgehead atoms. The van der Waals surface area contributed by atoms with Crippen molar-refractivity contribution in [3.05, 3.63) is 52.0 Å². The molecule has 0 fully saturated rings. The van der Waals surface area contributed by atoms with Crippen molar-refractivity contribution in [1.29, 1.82) is 0 Å². The number of benzene rings is 2. The van der Waals surface area contributed by atoms with Gasteiger partial charge in [0.25, 0.3) is 5.91 Å². The van der Waals surface area contributed by atoms with Gasteiger partial charge < -0.3 is 10.7 Å². The third-order valence-corrected chi connectivity index (χ3v) is 3.59. The summed E-state index contributed by atoms with van der Waals surface area (Å²) in [6.07, 6.45) is 0. The van der Waals surface area contributed by atoms with Crippen LogP contribution in [-0.2, 0) is 0 Å². The molecule has 1 heterocycles. The molecule has 0 saturated carbocycles. The first-order valence-electron chi connectivity index (χ1n) is 6.05. The zero-order valence-corrected chi connectivity index (χ0v) is 12.2. The average Bonchev–Trinajstić information content (AvgIpc) is 2.86. The van der Waals surface area contributed by atoms with Gasteiger partial charge in [0, 0.05) is 5.56 Å². The van der Waals surface area contributed by atoms with Crippen LogP contribution in [0.25, 0.3) is 11.0 Å². The molecule has 0 aliphatic rings. The van der Waals surface area contributed by atoms with E-state index in [1.54, 1.807) is 0 Å². The molecular formula is C14H10Cl2N4O. The summed E-state index contributed by atoms with van der Waals surface area (Å²) >= 11 is 11.8. The van der Waals surface area contributed by atoms with Crippen molar-refractivity contribution in [3.8, 4) is 0 Å². The summed E-state index contributed by atoms with van der Waals surface area (Å²) in [5, 5.41) is 3.12. The number of anilines is 2. The molecule has 0 spiro atoms. The molecule has 0 radical (unpaired) electrons. The number of hydrogen-bond acceptors (Lipinski definition) is 3. The molecule has 0 aliphatic heterocycles. The molecule has 0 unspecified atom stereocenters. The number of fused-ring (bicyclic) bond motifs is 1. The van der Waals surface area contributed by atoms with Gasteiger partial charge in [-0.3, -0.25) is 10.1 Å². The van der Waals surface area contributed by atoms with Gasteiger partial charge in [0.1, 0.15) is 0 Å². The van der Waals surface area contributed by atoms with E-state index in [4.69, 9.17) is 28.9 Å². The van der Waals surface area contributed by atoms with E-state index in [0.29, 0.717) is 11.5 Å². The van der Waals surface area contributed by atoms with Crippen molar-refractivity contribution in [2.75, 3.05) is 11.1 Å². The van der Waals surface area contributed by atoms with Crippen molar-refractivity contribution >= 4 is 51.8 Å². The van der Waals surface area contributed by atoms with Gasteiger partial charge in [0.2, 0.25) is 5.95 Å². The quantitative estimate of drug-likeness (QED) is 0.629. The molecule has 1 aromatic heterocycles. The lowest BCUT2D eigenvalue weighted by atomic mass is 10.2. The Hall–Kier alpha value is -2.24. The number of amides is 1. The van der Waals surface area contributed by atoms with E-state index in [-0.39, 0.29) is 21.6 Å². The van der Waals surface area contributed by atoms with E-state index in [1.807, 2.05) is 24.3 Å². The maximum atomic E-state index is 12.2. The first kappa shape index (κ1) is 13.7. The Morgan fingerprint density at radius 3 is 2.52 bits per heavy atom. The van der Waals surface area contributed by atoms with Crippen LogP contribution in [0, 0.1) is 0 Å². The number of aromatic nitrogens is 2. The minimum atomic E-state index is -0.377. The van der Waals surface area contributed by atoms with E-state index in [1.165, 1.54) is 12.1 Å². The Balaban J connectivity index is 1.89. The van der Waals surface area contributed by atoms with Crippen molar-refractivity contribution in [3.63, 3.8) is 0 Å². The van der Waals surface area contributed by atoms with Gasteiger partial charge in [-0.05, 0) is 24.3 Å². The highest BCUT2D eigenvalue weighted by molar-refractivity contribution is 6.39. The molecule has 7 heteroatoms. The number of carbonyl (C=O) groups excluding carboxylic acids is 1. The van der Waals surface area contributed by atoms with E-state index < -0.39 is 0 Å². The van der Waals surface area contributed by atoms with Gasteiger partial charge in [0.05, 0.1) is 26.8 Å². The van der Waals surface area contributed by atoms with Crippen LogP contribution >= 0.6 is 23.2 Å². The summed E-state index contributed by atoms with van der Waals surface area (Å²) in [7, 11) is 0. The molecule has 21 heavy (non-hydrogen) atoms. The van der Waals surface area contributed by atoms with Crippen LogP contribution in [0.4, 0.5) is 11.6 Å². The molecule has 1 amide bonds. The van der Waals surface area contributed by atoms with Crippen molar-refractivity contribution in [2.45, 2.75) is 0 Å². The third kappa shape index (κ3) is 2.66. The largest absolute Gasteiger partial charge is 0.396 e. The van der Waals surface area contributed by atoms with E-state index >= 15 is 0 Å². The van der Waals surface area contributed by atoms with Crippen LogP contribution in [0.15, 0.2) is 36.4 Å². The maximum absolute atomic E-state index is 12.2. The first-order chi connectivity index (χ1) is 10.0. The SMILES string of the molecule is Nc1c(Cl)cc(C(=O)Nc2nc3ccccc3[nH]2)cc1Cl. The molecular weight excluding hydrogens is 311 g/mol. The fourth-order valence-corrected chi connectivity index (χ4v) is 2.39. The van der Waals surface area contributed by atoms with Gasteiger partial charge in [-0.1, -0.05) is 35.3 Å². The van der Waals surface area contributed by atoms with Crippen LogP contribution in [0.1, 0.15) is 10.4 Å². The highest BCUT2D eigenvalue weighted by atomic mass is 35.5. The Morgan fingerprint density at radius 2 is 1.86 bits per heavy atom. The van der Waals surface area contributed by atoms with Gasteiger partial charge in [-0.15, -0.1) is 0 Å². The Morgan fingerprint density at radius 1 is 1.19 bits per heavy atom. The fraction of sp³-hybridized carbons (Fsp3) is 0. The summed E-state index contributed by atoms with van der Waals surface area (Å²) in [4.78, 5) is 19.4. The number of nitrogens with two attached hydrogens (primary N) is 1. The normalized spacial score (nSPS) is 10.8. The smallest absolute Gasteiger partial charge is 0.258 e. The standard InChI is InChI=1S/C14H10Cl2N4O/c15-8-5-7(6-9(16)12(8)17)13(21)20-14-18-10-3-1-2-4-11(10)19-14/h1-6H,17H2,(H2,18,19,20,21). The lowest BCUT2D eigenvalue weighted by molar-refractivity contribution is 0.102. The van der Waals surface area contributed by atoms with Crippen LogP contribution in [0.3, 0.4) is 0 Å². The van der Waals surface area contributed by atoms with Gasteiger partial charge in [0.15, 0.2) is 0 Å². The molecule has 3 aromatic rings. The highest BCUT2D eigenvalue weighted by Gasteiger charge is 2.13. The predicted octanol–water partition coefficient (Wildman–Crippen LogP) is 3.70. The fourth-order valence-electron chi connectivity index (χ4n) is 1.91. The molecule has 3 rings (SSSR count). The lowest BCUT2D eigenvalue weighted by Crippen LogP contribution is -2.13. The predicted molar refractivity (Wildman–Crippen MR) is 84.9 cm³/mol. The Kier molecular flexibility index (Phi) is 3.45. The van der Waals surface area contributed by atoms with Gasteiger partial charge >= 0.3 is 0 Å². The van der Waals surface area contributed by atoms with E-state index in [9.17, 15) is 4.79 Å². The monoisotopic (exact) mass is 320 g/mol. The molecule has 0 aliphatic carbocycles. The second-order valence-corrected chi connectivity index (χ2v) is 5.22.